The lowest BCUT2D eigenvalue weighted by molar-refractivity contribution is 0.912. The van der Waals surface area contributed by atoms with Crippen LogP contribution in [0.4, 0.5) is 0 Å². The predicted octanol–water partition coefficient (Wildman–Crippen LogP) is 2.01. The van der Waals surface area contributed by atoms with Gasteiger partial charge in [0.25, 0.3) is 0 Å². The standard InChI is InChI=1S/C9H10.C2H7N/c1-2-5-9-7-3-6-8(9)4-1;1-3-2/h1-2,4-5H,3,6-7H2;3H,1-2H3. The van der Waals surface area contributed by atoms with Gasteiger partial charge in [0, 0.05) is 0 Å². The summed E-state index contributed by atoms with van der Waals surface area (Å²) in [5.74, 6) is 0. The first-order valence-electron chi connectivity index (χ1n) is 4.53. The monoisotopic (exact) mass is 163 g/mol. The molecule has 1 nitrogen and oxygen atoms in total. The second kappa shape index (κ2) is 4.94. The van der Waals surface area contributed by atoms with E-state index in [4.69, 9.17) is 0 Å². The van der Waals surface area contributed by atoms with Gasteiger partial charge in [-0.1, -0.05) is 24.3 Å². The first-order chi connectivity index (χ1) is 5.88. The lowest BCUT2D eigenvalue weighted by atomic mass is 10.1. The van der Waals surface area contributed by atoms with Crippen LogP contribution in [0.5, 0.6) is 0 Å². The molecule has 1 heteroatoms. The Balaban J connectivity index is 0.000000213. The zero-order valence-corrected chi connectivity index (χ0v) is 7.93. The van der Waals surface area contributed by atoms with Crippen LogP contribution in [-0.4, -0.2) is 14.1 Å². The highest BCUT2D eigenvalue weighted by atomic mass is 14.7. The molecule has 0 aliphatic heterocycles. The van der Waals surface area contributed by atoms with Gasteiger partial charge in [-0.25, -0.2) is 0 Å². The molecule has 0 aromatic heterocycles. The van der Waals surface area contributed by atoms with Gasteiger partial charge in [-0.15, -0.1) is 0 Å². The van der Waals surface area contributed by atoms with Crippen molar-refractivity contribution in [1.82, 2.24) is 5.32 Å². The van der Waals surface area contributed by atoms with Crippen LogP contribution >= 0.6 is 0 Å². The van der Waals surface area contributed by atoms with Crippen LogP contribution in [0.15, 0.2) is 24.3 Å². The number of rotatable bonds is 0. The molecule has 0 fully saturated rings. The Hall–Kier alpha value is -0.820. The summed E-state index contributed by atoms with van der Waals surface area (Å²) in [6, 6.07) is 8.74. The highest BCUT2D eigenvalue weighted by Crippen LogP contribution is 2.20. The fourth-order valence-corrected chi connectivity index (χ4v) is 1.51. The van der Waals surface area contributed by atoms with E-state index in [0.29, 0.717) is 0 Å². The SMILES string of the molecule is CNC.c1ccc2c(c1)CCC2. The van der Waals surface area contributed by atoms with E-state index in [1.165, 1.54) is 19.3 Å². The van der Waals surface area contributed by atoms with E-state index < -0.39 is 0 Å². The number of aryl methyl sites for hydroxylation is 2. The molecule has 0 unspecified atom stereocenters. The minimum Gasteiger partial charge on any atom is -0.323 e. The quantitative estimate of drug-likeness (QED) is 0.617. The van der Waals surface area contributed by atoms with Crippen molar-refractivity contribution in [3.63, 3.8) is 0 Å². The zero-order chi connectivity index (χ0) is 8.81. The van der Waals surface area contributed by atoms with Crippen LogP contribution in [0.25, 0.3) is 0 Å². The van der Waals surface area contributed by atoms with Crippen LogP contribution in [0.2, 0.25) is 0 Å². The van der Waals surface area contributed by atoms with Crippen molar-refractivity contribution in [3.05, 3.63) is 35.4 Å². The van der Waals surface area contributed by atoms with Gasteiger partial charge in [-0.3, -0.25) is 0 Å². The molecule has 1 aromatic carbocycles. The van der Waals surface area contributed by atoms with Gasteiger partial charge < -0.3 is 5.32 Å². The van der Waals surface area contributed by atoms with Gasteiger partial charge >= 0.3 is 0 Å². The van der Waals surface area contributed by atoms with Gasteiger partial charge in [0.15, 0.2) is 0 Å². The van der Waals surface area contributed by atoms with E-state index in [0.717, 1.165) is 0 Å². The summed E-state index contributed by atoms with van der Waals surface area (Å²) in [5, 5.41) is 2.75. The average Bonchev–Trinajstić information content (AvgIpc) is 2.52. The largest absolute Gasteiger partial charge is 0.323 e. The summed E-state index contributed by atoms with van der Waals surface area (Å²) in [4.78, 5) is 0. The number of hydrogen-bond acceptors (Lipinski definition) is 1. The summed E-state index contributed by atoms with van der Waals surface area (Å²) < 4.78 is 0. The van der Waals surface area contributed by atoms with Crippen molar-refractivity contribution in [3.8, 4) is 0 Å². The molecule has 0 saturated heterocycles. The average molecular weight is 163 g/mol. The molecule has 12 heavy (non-hydrogen) atoms. The van der Waals surface area contributed by atoms with E-state index in [-0.39, 0.29) is 0 Å². The molecule has 1 N–H and O–H groups in total. The maximum absolute atomic E-state index is 2.75. The summed E-state index contributed by atoms with van der Waals surface area (Å²) in [5.41, 5.74) is 3.13. The molecule has 0 heterocycles. The molecule has 66 valence electrons. The van der Waals surface area contributed by atoms with E-state index >= 15 is 0 Å². The number of nitrogens with one attached hydrogen (secondary N) is 1. The van der Waals surface area contributed by atoms with Crippen molar-refractivity contribution in [2.45, 2.75) is 19.3 Å². The van der Waals surface area contributed by atoms with Crippen LogP contribution < -0.4 is 5.32 Å². The first-order valence-corrected chi connectivity index (χ1v) is 4.53. The molecule has 1 aliphatic carbocycles. The smallest absolute Gasteiger partial charge is 0.0167 e. The van der Waals surface area contributed by atoms with Crippen molar-refractivity contribution < 1.29 is 0 Å². The molecule has 2 rings (SSSR count). The van der Waals surface area contributed by atoms with Gasteiger partial charge in [0.2, 0.25) is 0 Å². The van der Waals surface area contributed by atoms with E-state index in [1.54, 1.807) is 11.1 Å². The molecular formula is C11H17N. The Morgan fingerprint density at radius 2 is 1.42 bits per heavy atom. The highest BCUT2D eigenvalue weighted by Gasteiger charge is 2.07. The van der Waals surface area contributed by atoms with Crippen molar-refractivity contribution >= 4 is 0 Å². The third-order valence-electron chi connectivity index (χ3n) is 2.01. The van der Waals surface area contributed by atoms with E-state index in [1.807, 2.05) is 14.1 Å². The number of benzene rings is 1. The number of fused-ring (bicyclic) bond motifs is 1. The highest BCUT2D eigenvalue weighted by molar-refractivity contribution is 5.30. The van der Waals surface area contributed by atoms with Crippen LogP contribution in [0.1, 0.15) is 17.5 Å². The molecule has 0 bridgehead atoms. The minimum atomic E-state index is 1.30. The molecule has 0 atom stereocenters. The Morgan fingerprint density at radius 1 is 1.00 bits per heavy atom. The third kappa shape index (κ3) is 2.35. The topological polar surface area (TPSA) is 12.0 Å². The van der Waals surface area contributed by atoms with Gasteiger partial charge in [-0.2, -0.15) is 0 Å². The maximum atomic E-state index is 2.75. The lowest BCUT2D eigenvalue weighted by Gasteiger charge is -1.93. The van der Waals surface area contributed by atoms with Gasteiger partial charge in [0.05, 0.1) is 0 Å². The number of hydrogen-bond donors (Lipinski definition) is 1. The van der Waals surface area contributed by atoms with E-state index in [2.05, 4.69) is 29.6 Å². The molecule has 0 spiro atoms. The summed E-state index contributed by atoms with van der Waals surface area (Å²) in [7, 11) is 3.75. The van der Waals surface area contributed by atoms with Crippen LogP contribution in [-0.2, 0) is 12.8 Å². The predicted molar refractivity (Wildman–Crippen MR) is 53.5 cm³/mol. The molecule has 0 radical (unpaired) electrons. The molecule has 0 saturated carbocycles. The van der Waals surface area contributed by atoms with Gasteiger partial charge in [-0.05, 0) is 44.5 Å². The Kier molecular flexibility index (Phi) is 3.81. The summed E-state index contributed by atoms with van der Waals surface area (Å²) in [6.07, 6.45) is 3.96. The van der Waals surface area contributed by atoms with Crippen LogP contribution in [0.3, 0.4) is 0 Å². The molecule has 0 amide bonds. The first kappa shape index (κ1) is 9.27. The molecular weight excluding hydrogens is 146 g/mol. The fourth-order valence-electron chi connectivity index (χ4n) is 1.51. The van der Waals surface area contributed by atoms with E-state index in [9.17, 15) is 0 Å². The van der Waals surface area contributed by atoms with Crippen molar-refractivity contribution in [2.75, 3.05) is 14.1 Å². The Labute approximate surface area is 74.8 Å². The molecule has 1 aliphatic rings. The lowest BCUT2D eigenvalue weighted by Crippen LogP contribution is -1.89. The van der Waals surface area contributed by atoms with Crippen molar-refractivity contribution in [1.29, 1.82) is 0 Å². The Morgan fingerprint density at radius 3 is 1.83 bits per heavy atom. The van der Waals surface area contributed by atoms with Gasteiger partial charge in [0.1, 0.15) is 0 Å². The Bertz CT molecular complexity index is 207. The van der Waals surface area contributed by atoms with Crippen LogP contribution in [0, 0.1) is 0 Å². The fraction of sp³-hybridized carbons (Fsp3) is 0.455. The third-order valence-corrected chi connectivity index (χ3v) is 2.01. The summed E-state index contributed by atoms with van der Waals surface area (Å²) in [6.45, 7) is 0. The van der Waals surface area contributed by atoms with Crippen molar-refractivity contribution in [2.24, 2.45) is 0 Å². The zero-order valence-electron chi connectivity index (χ0n) is 7.93. The normalized spacial score (nSPS) is 13.2. The summed E-state index contributed by atoms with van der Waals surface area (Å²) >= 11 is 0. The maximum Gasteiger partial charge on any atom is -0.0167 e. The second-order valence-corrected chi connectivity index (χ2v) is 3.12. The second-order valence-electron chi connectivity index (χ2n) is 3.12. The minimum absolute atomic E-state index is 1.30. The molecule has 1 aromatic rings.